The molecule has 26 heavy (non-hydrogen) atoms. The fourth-order valence-corrected chi connectivity index (χ4v) is 4.42. The molecule has 2 N–H and O–H groups in total. The van der Waals surface area contributed by atoms with Crippen molar-refractivity contribution in [2.45, 2.75) is 58.4 Å². The predicted molar refractivity (Wildman–Crippen MR) is 106 cm³/mol. The summed E-state index contributed by atoms with van der Waals surface area (Å²) in [5.74, 6) is 0.186. The minimum absolute atomic E-state index is 0.186. The van der Waals surface area contributed by atoms with Gasteiger partial charge >= 0.3 is 0 Å². The number of nitrogens with one attached hydrogen (secondary N) is 2. The summed E-state index contributed by atoms with van der Waals surface area (Å²) in [5.41, 5.74) is 7.17. The van der Waals surface area contributed by atoms with Crippen LogP contribution in [0.3, 0.4) is 0 Å². The Hall–Kier alpha value is -2.23. The largest absolute Gasteiger partial charge is 0.382 e. The zero-order chi connectivity index (χ0) is 18.1. The van der Waals surface area contributed by atoms with Gasteiger partial charge in [0.2, 0.25) is 0 Å². The second kappa shape index (κ2) is 7.18. The summed E-state index contributed by atoms with van der Waals surface area (Å²) >= 11 is 0. The molecule has 1 aromatic heterocycles. The SMILES string of the molecule is Cc1cccc(NC2CCN(C(=O)c3[nH]c4c(c3C)CCCC4)CC2)c1. The van der Waals surface area contributed by atoms with Gasteiger partial charge in [-0.15, -0.1) is 0 Å². The molecular formula is C22H29N3O. The van der Waals surface area contributed by atoms with Crippen molar-refractivity contribution in [3.63, 3.8) is 0 Å². The standard InChI is InChI=1S/C22H29N3O/c1-15-6-5-7-18(14-15)23-17-10-12-25(13-11-17)22(26)21-16(2)19-8-3-4-9-20(19)24-21/h5-7,14,17,23-24H,3-4,8-13H2,1-2H3. The van der Waals surface area contributed by atoms with E-state index in [-0.39, 0.29) is 5.91 Å². The first-order chi connectivity index (χ1) is 12.6. The fourth-order valence-electron chi connectivity index (χ4n) is 4.42. The first-order valence-corrected chi connectivity index (χ1v) is 9.94. The number of hydrogen-bond acceptors (Lipinski definition) is 2. The molecule has 0 saturated carbocycles. The van der Waals surface area contributed by atoms with Gasteiger partial charge in [0.1, 0.15) is 5.69 Å². The highest BCUT2D eigenvalue weighted by Crippen LogP contribution is 2.28. The molecule has 1 saturated heterocycles. The van der Waals surface area contributed by atoms with Crippen molar-refractivity contribution in [3.05, 3.63) is 52.3 Å². The van der Waals surface area contributed by atoms with Gasteiger partial charge in [0, 0.05) is 30.5 Å². The number of amides is 1. The predicted octanol–water partition coefficient (Wildman–Crippen LogP) is 4.23. The van der Waals surface area contributed by atoms with E-state index in [1.807, 2.05) is 4.90 Å². The van der Waals surface area contributed by atoms with Crippen LogP contribution in [0.15, 0.2) is 24.3 Å². The lowest BCUT2D eigenvalue weighted by Crippen LogP contribution is -2.42. The van der Waals surface area contributed by atoms with E-state index < -0.39 is 0 Å². The normalized spacial score (nSPS) is 17.8. The molecule has 1 aliphatic carbocycles. The van der Waals surface area contributed by atoms with Crippen molar-refractivity contribution in [2.24, 2.45) is 0 Å². The first-order valence-electron chi connectivity index (χ1n) is 9.94. The van der Waals surface area contributed by atoms with Crippen LogP contribution in [0.25, 0.3) is 0 Å². The molecule has 0 spiro atoms. The number of rotatable bonds is 3. The van der Waals surface area contributed by atoms with E-state index in [4.69, 9.17) is 0 Å². The lowest BCUT2D eigenvalue weighted by molar-refractivity contribution is 0.0712. The van der Waals surface area contributed by atoms with Crippen LogP contribution < -0.4 is 5.32 Å². The van der Waals surface area contributed by atoms with Crippen LogP contribution in [0.2, 0.25) is 0 Å². The van der Waals surface area contributed by atoms with Gasteiger partial charge in [0.05, 0.1) is 0 Å². The highest BCUT2D eigenvalue weighted by atomic mass is 16.2. The van der Waals surface area contributed by atoms with Crippen molar-refractivity contribution in [3.8, 4) is 0 Å². The third kappa shape index (κ3) is 3.37. The van der Waals surface area contributed by atoms with Crippen LogP contribution >= 0.6 is 0 Å². The molecule has 4 heteroatoms. The van der Waals surface area contributed by atoms with Gasteiger partial charge in [-0.05, 0) is 81.2 Å². The quantitative estimate of drug-likeness (QED) is 0.869. The third-order valence-corrected chi connectivity index (χ3v) is 5.96. The number of aromatic nitrogens is 1. The third-order valence-electron chi connectivity index (χ3n) is 5.96. The van der Waals surface area contributed by atoms with Gasteiger partial charge < -0.3 is 15.2 Å². The molecule has 0 bridgehead atoms. The molecule has 2 aliphatic rings. The molecule has 1 fully saturated rings. The van der Waals surface area contributed by atoms with Crippen LogP contribution in [0.4, 0.5) is 5.69 Å². The van der Waals surface area contributed by atoms with E-state index in [9.17, 15) is 4.79 Å². The molecule has 2 aromatic rings. The van der Waals surface area contributed by atoms with E-state index in [1.165, 1.54) is 40.9 Å². The number of hydrogen-bond donors (Lipinski definition) is 2. The number of carbonyl (C=O) groups is 1. The van der Waals surface area contributed by atoms with E-state index in [2.05, 4.69) is 48.4 Å². The summed E-state index contributed by atoms with van der Waals surface area (Å²) in [6, 6.07) is 8.96. The number of piperidine rings is 1. The monoisotopic (exact) mass is 351 g/mol. The molecule has 1 amide bonds. The molecule has 4 nitrogen and oxygen atoms in total. The summed E-state index contributed by atoms with van der Waals surface area (Å²) in [6.45, 7) is 5.88. The number of aromatic amines is 1. The van der Waals surface area contributed by atoms with E-state index in [0.717, 1.165) is 44.5 Å². The summed E-state index contributed by atoms with van der Waals surface area (Å²) in [7, 11) is 0. The highest BCUT2D eigenvalue weighted by Gasteiger charge is 2.27. The number of benzene rings is 1. The number of carbonyl (C=O) groups excluding carboxylic acids is 1. The van der Waals surface area contributed by atoms with E-state index >= 15 is 0 Å². The van der Waals surface area contributed by atoms with Crippen LogP contribution in [0.5, 0.6) is 0 Å². The molecule has 0 radical (unpaired) electrons. The first kappa shape index (κ1) is 17.2. The molecule has 1 aromatic carbocycles. The molecule has 138 valence electrons. The Morgan fingerprint density at radius 2 is 1.92 bits per heavy atom. The summed E-state index contributed by atoms with van der Waals surface area (Å²) in [4.78, 5) is 18.5. The topological polar surface area (TPSA) is 48.1 Å². The highest BCUT2D eigenvalue weighted by molar-refractivity contribution is 5.94. The zero-order valence-corrected chi connectivity index (χ0v) is 15.9. The summed E-state index contributed by atoms with van der Waals surface area (Å²) in [5, 5.41) is 3.63. The number of likely N-dealkylation sites (tertiary alicyclic amines) is 1. The Morgan fingerprint density at radius 1 is 1.15 bits per heavy atom. The van der Waals surface area contributed by atoms with Crippen molar-refractivity contribution < 1.29 is 4.79 Å². The van der Waals surface area contributed by atoms with Crippen LogP contribution in [0, 0.1) is 13.8 Å². The van der Waals surface area contributed by atoms with Gasteiger partial charge in [-0.2, -0.15) is 0 Å². The van der Waals surface area contributed by atoms with Crippen molar-refractivity contribution in [1.82, 2.24) is 9.88 Å². The smallest absolute Gasteiger partial charge is 0.270 e. The van der Waals surface area contributed by atoms with E-state index in [1.54, 1.807) is 0 Å². The van der Waals surface area contributed by atoms with Crippen molar-refractivity contribution >= 4 is 11.6 Å². The number of H-pyrrole nitrogens is 1. The summed E-state index contributed by atoms with van der Waals surface area (Å²) in [6.07, 6.45) is 6.68. The molecule has 0 atom stereocenters. The molecule has 2 heterocycles. The van der Waals surface area contributed by atoms with Gasteiger partial charge in [-0.1, -0.05) is 12.1 Å². The van der Waals surface area contributed by atoms with Gasteiger partial charge in [0.15, 0.2) is 0 Å². The lowest BCUT2D eigenvalue weighted by atomic mass is 9.95. The van der Waals surface area contributed by atoms with Crippen molar-refractivity contribution in [2.75, 3.05) is 18.4 Å². The van der Waals surface area contributed by atoms with Crippen LogP contribution in [-0.4, -0.2) is 34.9 Å². The van der Waals surface area contributed by atoms with Crippen molar-refractivity contribution in [1.29, 1.82) is 0 Å². The second-order valence-electron chi connectivity index (χ2n) is 7.87. The fraction of sp³-hybridized carbons (Fsp3) is 0.500. The second-order valence-corrected chi connectivity index (χ2v) is 7.87. The Labute approximate surface area is 156 Å². The number of nitrogens with zero attached hydrogens (tertiary/aromatic N) is 1. The Kier molecular flexibility index (Phi) is 4.75. The zero-order valence-electron chi connectivity index (χ0n) is 15.9. The van der Waals surface area contributed by atoms with Gasteiger partial charge in [-0.25, -0.2) is 0 Å². The van der Waals surface area contributed by atoms with E-state index in [0.29, 0.717) is 6.04 Å². The Balaban J connectivity index is 1.39. The Morgan fingerprint density at radius 3 is 2.65 bits per heavy atom. The maximum atomic E-state index is 13.0. The molecular weight excluding hydrogens is 322 g/mol. The van der Waals surface area contributed by atoms with Crippen LogP contribution in [-0.2, 0) is 12.8 Å². The van der Waals surface area contributed by atoms with Gasteiger partial charge in [0.25, 0.3) is 5.91 Å². The summed E-state index contributed by atoms with van der Waals surface area (Å²) < 4.78 is 0. The van der Waals surface area contributed by atoms with Gasteiger partial charge in [-0.3, -0.25) is 4.79 Å². The number of aryl methyl sites for hydroxylation is 2. The average Bonchev–Trinajstić information content (AvgIpc) is 2.99. The number of fused-ring (bicyclic) bond motifs is 1. The lowest BCUT2D eigenvalue weighted by Gasteiger charge is -2.33. The number of anilines is 1. The Bertz CT molecular complexity index is 800. The molecule has 0 unspecified atom stereocenters. The maximum Gasteiger partial charge on any atom is 0.270 e. The molecule has 4 rings (SSSR count). The van der Waals surface area contributed by atoms with Crippen LogP contribution in [0.1, 0.15) is 58.6 Å². The average molecular weight is 351 g/mol. The minimum atomic E-state index is 0.186. The maximum absolute atomic E-state index is 13.0. The minimum Gasteiger partial charge on any atom is -0.382 e. The molecule has 1 aliphatic heterocycles.